The molecule has 5 heteroatoms. The molecule has 2 aromatic carbocycles. The van der Waals surface area contributed by atoms with Gasteiger partial charge in [-0.2, -0.15) is 0 Å². The molecule has 1 aliphatic carbocycles. The van der Waals surface area contributed by atoms with E-state index in [1.54, 1.807) is 6.07 Å². The molecule has 0 aliphatic heterocycles. The molecule has 0 radical (unpaired) electrons. The smallest absolute Gasteiger partial charge is 0.244 e. The zero-order valence-corrected chi connectivity index (χ0v) is 16.3. The second-order valence-corrected chi connectivity index (χ2v) is 8.71. The summed E-state index contributed by atoms with van der Waals surface area (Å²) >= 11 is 0. The highest BCUT2D eigenvalue weighted by Crippen LogP contribution is 2.32. The highest BCUT2D eigenvalue weighted by molar-refractivity contribution is 7.89. The Bertz CT molecular complexity index is 847. The molecule has 2 aromatic rings. The second-order valence-electron chi connectivity index (χ2n) is 7.03. The van der Waals surface area contributed by atoms with Gasteiger partial charge in [0.2, 0.25) is 10.0 Å². The molecule has 0 spiro atoms. The third-order valence-electron chi connectivity index (χ3n) is 4.98. The van der Waals surface area contributed by atoms with Crippen LogP contribution in [0.2, 0.25) is 0 Å². The Morgan fingerprint density at radius 2 is 1.73 bits per heavy atom. The Kier molecular flexibility index (Phi) is 5.99. The number of methoxy groups -OCH3 is 1. The monoisotopic (exact) mass is 373 g/mol. The van der Waals surface area contributed by atoms with Crippen molar-refractivity contribution in [3.05, 3.63) is 59.2 Å². The van der Waals surface area contributed by atoms with Crippen molar-refractivity contribution < 1.29 is 13.2 Å². The van der Waals surface area contributed by atoms with E-state index in [-0.39, 0.29) is 10.9 Å². The van der Waals surface area contributed by atoms with E-state index in [2.05, 4.69) is 16.9 Å². The number of fused-ring (bicyclic) bond motifs is 1. The summed E-state index contributed by atoms with van der Waals surface area (Å²) < 4.78 is 34.1. The van der Waals surface area contributed by atoms with Crippen molar-refractivity contribution in [2.45, 2.75) is 56.4 Å². The van der Waals surface area contributed by atoms with Crippen LogP contribution >= 0.6 is 0 Å². The van der Waals surface area contributed by atoms with E-state index in [1.807, 2.05) is 31.2 Å². The summed E-state index contributed by atoms with van der Waals surface area (Å²) in [6.45, 7) is 1.91. The third-order valence-corrected chi connectivity index (χ3v) is 6.59. The quantitative estimate of drug-likeness (QED) is 0.801. The zero-order chi connectivity index (χ0) is 18.6. The Hall–Kier alpha value is -1.85. The summed E-state index contributed by atoms with van der Waals surface area (Å²) in [5, 5.41) is 0. The predicted octanol–water partition coefficient (Wildman–Crippen LogP) is 3.87. The first-order valence-corrected chi connectivity index (χ1v) is 10.7. The third kappa shape index (κ3) is 4.46. The molecule has 0 aromatic heterocycles. The normalized spacial score (nSPS) is 15.3. The van der Waals surface area contributed by atoms with Gasteiger partial charge in [0.1, 0.15) is 10.6 Å². The molecular weight excluding hydrogens is 346 g/mol. The van der Waals surface area contributed by atoms with E-state index in [9.17, 15) is 8.42 Å². The number of hydrogen-bond donors (Lipinski definition) is 1. The van der Waals surface area contributed by atoms with Gasteiger partial charge >= 0.3 is 0 Å². The van der Waals surface area contributed by atoms with Crippen LogP contribution in [0, 0.1) is 0 Å². The van der Waals surface area contributed by atoms with E-state index in [4.69, 9.17) is 4.74 Å². The topological polar surface area (TPSA) is 55.4 Å². The summed E-state index contributed by atoms with van der Waals surface area (Å²) in [4.78, 5) is 0.257. The number of rotatable bonds is 7. The molecule has 0 saturated heterocycles. The molecule has 0 amide bonds. The molecule has 0 saturated carbocycles. The van der Waals surface area contributed by atoms with E-state index < -0.39 is 10.0 Å². The highest BCUT2D eigenvalue weighted by Gasteiger charge is 2.24. The molecular formula is C21H27NO3S. The molecule has 0 fully saturated rings. The van der Waals surface area contributed by atoms with Crippen LogP contribution in [0.3, 0.4) is 0 Å². The SMILES string of the molecule is COc1cc2c(cc1S(=O)(=O)NC(C)CCc1ccccc1)CCCC2. The van der Waals surface area contributed by atoms with Crippen LogP contribution in [0.15, 0.2) is 47.4 Å². The van der Waals surface area contributed by atoms with Crippen LogP contribution < -0.4 is 9.46 Å². The molecule has 0 bridgehead atoms. The van der Waals surface area contributed by atoms with Gasteiger partial charge in [-0.25, -0.2) is 13.1 Å². The minimum atomic E-state index is -3.62. The van der Waals surface area contributed by atoms with Crippen LogP contribution in [-0.2, 0) is 29.3 Å². The fourth-order valence-corrected chi connectivity index (χ4v) is 5.00. The van der Waals surface area contributed by atoms with Crippen molar-refractivity contribution in [1.29, 1.82) is 0 Å². The van der Waals surface area contributed by atoms with Crippen molar-refractivity contribution in [2.75, 3.05) is 7.11 Å². The van der Waals surface area contributed by atoms with Gasteiger partial charge in [-0.15, -0.1) is 0 Å². The lowest BCUT2D eigenvalue weighted by Crippen LogP contribution is -2.33. The second kappa shape index (κ2) is 8.23. The number of aryl methyl sites for hydroxylation is 3. The van der Waals surface area contributed by atoms with E-state index in [0.717, 1.165) is 44.1 Å². The van der Waals surface area contributed by atoms with Gasteiger partial charge in [-0.3, -0.25) is 0 Å². The zero-order valence-electron chi connectivity index (χ0n) is 15.5. The summed E-state index contributed by atoms with van der Waals surface area (Å²) in [5.41, 5.74) is 3.56. The summed E-state index contributed by atoms with van der Waals surface area (Å²) in [5.74, 6) is 0.438. The van der Waals surface area contributed by atoms with Gasteiger partial charge in [0.05, 0.1) is 7.11 Å². The van der Waals surface area contributed by atoms with Crippen molar-refractivity contribution >= 4 is 10.0 Å². The molecule has 3 rings (SSSR count). The summed E-state index contributed by atoms with van der Waals surface area (Å²) in [6, 6.07) is 13.7. The Balaban J connectivity index is 1.74. The maximum absolute atomic E-state index is 12.9. The van der Waals surface area contributed by atoms with Crippen molar-refractivity contribution in [3.63, 3.8) is 0 Å². The number of nitrogens with one attached hydrogen (secondary N) is 1. The fourth-order valence-electron chi connectivity index (χ4n) is 3.53. The molecule has 1 unspecified atom stereocenters. The van der Waals surface area contributed by atoms with Gasteiger partial charge in [-0.1, -0.05) is 30.3 Å². The lowest BCUT2D eigenvalue weighted by molar-refractivity contribution is 0.400. The lowest BCUT2D eigenvalue weighted by Gasteiger charge is -2.21. The molecule has 1 aliphatic rings. The molecule has 26 heavy (non-hydrogen) atoms. The predicted molar refractivity (Wildman–Crippen MR) is 104 cm³/mol. The molecule has 140 valence electrons. The van der Waals surface area contributed by atoms with Crippen LogP contribution in [0.4, 0.5) is 0 Å². The molecule has 1 atom stereocenters. The summed E-state index contributed by atoms with van der Waals surface area (Å²) in [6.07, 6.45) is 5.78. The number of hydrogen-bond acceptors (Lipinski definition) is 3. The van der Waals surface area contributed by atoms with Crippen molar-refractivity contribution in [3.8, 4) is 5.75 Å². The number of benzene rings is 2. The minimum Gasteiger partial charge on any atom is -0.495 e. The Morgan fingerprint density at radius 1 is 1.08 bits per heavy atom. The number of sulfonamides is 1. The van der Waals surface area contributed by atoms with E-state index in [0.29, 0.717) is 5.75 Å². The maximum atomic E-state index is 12.9. The number of ether oxygens (including phenoxy) is 1. The van der Waals surface area contributed by atoms with Crippen LogP contribution in [0.25, 0.3) is 0 Å². The van der Waals surface area contributed by atoms with Gasteiger partial charge in [0, 0.05) is 6.04 Å². The largest absolute Gasteiger partial charge is 0.495 e. The summed E-state index contributed by atoms with van der Waals surface area (Å²) in [7, 11) is -2.08. The van der Waals surface area contributed by atoms with Gasteiger partial charge in [-0.05, 0) is 74.3 Å². The van der Waals surface area contributed by atoms with Crippen LogP contribution in [0.1, 0.15) is 42.9 Å². The highest BCUT2D eigenvalue weighted by atomic mass is 32.2. The van der Waals surface area contributed by atoms with E-state index >= 15 is 0 Å². The van der Waals surface area contributed by atoms with Crippen molar-refractivity contribution in [2.24, 2.45) is 0 Å². The molecule has 4 nitrogen and oxygen atoms in total. The standard InChI is InChI=1S/C21H27NO3S/c1-16(12-13-17-8-4-3-5-9-17)22-26(23,24)21-15-19-11-7-6-10-18(19)14-20(21)25-2/h3-5,8-9,14-16,22H,6-7,10-13H2,1-2H3. The molecule has 1 N–H and O–H groups in total. The van der Waals surface area contributed by atoms with Gasteiger partial charge < -0.3 is 4.74 Å². The first-order valence-electron chi connectivity index (χ1n) is 9.25. The van der Waals surface area contributed by atoms with E-state index in [1.165, 1.54) is 18.2 Å². The van der Waals surface area contributed by atoms with Gasteiger partial charge in [0.25, 0.3) is 0 Å². The van der Waals surface area contributed by atoms with Crippen molar-refractivity contribution in [1.82, 2.24) is 4.72 Å². The minimum absolute atomic E-state index is 0.152. The van der Waals surface area contributed by atoms with Crippen LogP contribution in [0.5, 0.6) is 5.75 Å². The first-order chi connectivity index (χ1) is 12.5. The maximum Gasteiger partial charge on any atom is 0.244 e. The Morgan fingerprint density at radius 3 is 2.38 bits per heavy atom. The molecule has 0 heterocycles. The van der Waals surface area contributed by atoms with Gasteiger partial charge in [0.15, 0.2) is 0 Å². The lowest BCUT2D eigenvalue weighted by atomic mass is 9.92. The van der Waals surface area contributed by atoms with Crippen LogP contribution in [-0.4, -0.2) is 21.6 Å². The average Bonchev–Trinajstić information content (AvgIpc) is 2.65. The fraction of sp³-hybridized carbons (Fsp3) is 0.429. The average molecular weight is 374 g/mol. The Labute approximate surface area is 156 Å². The first kappa shape index (κ1) is 18.9.